The number of rotatable bonds is 11. The molecule has 1 N–H and O–H groups in total. The van der Waals surface area contributed by atoms with Crippen molar-refractivity contribution >= 4 is 5.97 Å². The molecule has 2 atom stereocenters. The van der Waals surface area contributed by atoms with Gasteiger partial charge < -0.3 is 9.84 Å². The highest BCUT2D eigenvalue weighted by atomic mass is 19.1. The third kappa shape index (κ3) is 6.34. The van der Waals surface area contributed by atoms with Crippen LogP contribution in [0.2, 0.25) is 0 Å². The van der Waals surface area contributed by atoms with Gasteiger partial charge in [-0.3, -0.25) is 14.6 Å². The van der Waals surface area contributed by atoms with Crippen LogP contribution in [0.25, 0.3) is 0 Å². The van der Waals surface area contributed by atoms with Crippen LogP contribution in [0.1, 0.15) is 32.3 Å². The second-order valence-corrected chi connectivity index (χ2v) is 9.20. The van der Waals surface area contributed by atoms with Crippen LogP contribution in [-0.2, 0) is 10.2 Å². The maximum Gasteiger partial charge on any atom is 0.322 e. The van der Waals surface area contributed by atoms with E-state index in [-0.39, 0.29) is 11.7 Å². The topological polar surface area (TPSA) is 76.8 Å². The largest absolute Gasteiger partial charge is 0.492 e. The second-order valence-electron chi connectivity index (χ2n) is 9.20. The fraction of sp³-hybridized carbons (Fsp3) is 0.481. The minimum absolute atomic E-state index is 0.171. The van der Waals surface area contributed by atoms with E-state index in [1.54, 1.807) is 12.1 Å². The Kier molecular flexibility index (Phi) is 9.03. The Hall–Kier alpha value is -2.95. The van der Waals surface area contributed by atoms with E-state index in [2.05, 4.69) is 24.8 Å². The number of carboxylic acid groups (broad SMARTS) is 1. The summed E-state index contributed by atoms with van der Waals surface area (Å²) in [5.74, 6) is -0.427. The van der Waals surface area contributed by atoms with Crippen molar-refractivity contribution in [1.82, 2.24) is 9.80 Å². The summed E-state index contributed by atoms with van der Waals surface area (Å²) < 4.78 is 18.7. The monoisotopic (exact) mass is 467 g/mol. The normalized spacial score (nSPS) is 18.9. The van der Waals surface area contributed by atoms with E-state index in [0.29, 0.717) is 32.0 Å². The van der Waals surface area contributed by atoms with E-state index in [1.807, 2.05) is 35.2 Å². The predicted molar refractivity (Wildman–Crippen MR) is 129 cm³/mol. The SMILES string of the molecule is CC(C)C(C#N)(CCCN1CCN(CCOc2ccc(F)cc2)C(C(=O)O)C1)c1ccccc1. The van der Waals surface area contributed by atoms with Gasteiger partial charge in [-0.2, -0.15) is 5.26 Å². The third-order valence-corrected chi connectivity index (χ3v) is 6.84. The lowest BCUT2D eigenvalue weighted by atomic mass is 9.70. The first-order chi connectivity index (χ1) is 16.4. The van der Waals surface area contributed by atoms with Gasteiger partial charge in [0, 0.05) is 26.2 Å². The molecule has 0 aromatic heterocycles. The average Bonchev–Trinajstić information content (AvgIpc) is 2.84. The number of ether oxygens (including phenoxy) is 1. The Morgan fingerprint density at radius 3 is 2.50 bits per heavy atom. The van der Waals surface area contributed by atoms with Gasteiger partial charge in [-0.15, -0.1) is 0 Å². The molecule has 0 amide bonds. The molecule has 7 heteroatoms. The highest BCUT2D eigenvalue weighted by molar-refractivity contribution is 5.74. The van der Waals surface area contributed by atoms with E-state index >= 15 is 0 Å². The Labute approximate surface area is 201 Å². The van der Waals surface area contributed by atoms with E-state index in [4.69, 9.17) is 4.74 Å². The molecule has 34 heavy (non-hydrogen) atoms. The summed E-state index contributed by atoms with van der Waals surface area (Å²) in [4.78, 5) is 16.1. The van der Waals surface area contributed by atoms with Gasteiger partial charge in [0.2, 0.25) is 0 Å². The summed E-state index contributed by atoms with van der Waals surface area (Å²) in [6.45, 7) is 7.60. The van der Waals surface area contributed by atoms with E-state index in [1.165, 1.54) is 12.1 Å². The minimum atomic E-state index is -0.843. The maximum absolute atomic E-state index is 13.0. The first kappa shape index (κ1) is 25.7. The molecule has 2 unspecified atom stereocenters. The minimum Gasteiger partial charge on any atom is -0.492 e. The van der Waals surface area contributed by atoms with Crippen LogP contribution in [-0.4, -0.2) is 66.2 Å². The van der Waals surface area contributed by atoms with Crippen molar-refractivity contribution in [3.63, 3.8) is 0 Å². The third-order valence-electron chi connectivity index (χ3n) is 6.84. The molecule has 0 radical (unpaired) electrons. The quantitative estimate of drug-likeness (QED) is 0.535. The highest BCUT2D eigenvalue weighted by Crippen LogP contribution is 2.36. The zero-order valence-corrected chi connectivity index (χ0v) is 20.0. The van der Waals surface area contributed by atoms with Gasteiger partial charge in [0.05, 0.1) is 11.5 Å². The first-order valence-electron chi connectivity index (χ1n) is 11.9. The Morgan fingerprint density at radius 2 is 1.88 bits per heavy atom. The molecule has 0 bridgehead atoms. The molecule has 0 spiro atoms. The molecule has 0 aliphatic carbocycles. The van der Waals surface area contributed by atoms with Gasteiger partial charge >= 0.3 is 5.97 Å². The zero-order valence-electron chi connectivity index (χ0n) is 20.0. The highest BCUT2D eigenvalue weighted by Gasteiger charge is 2.36. The number of aliphatic carboxylic acids is 1. The van der Waals surface area contributed by atoms with Gasteiger partial charge in [0.1, 0.15) is 24.2 Å². The van der Waals surface area contributed by atoms with Crippen molar-refractivity contribution in [1.29, 1.82) is 5.26 Å². The Balaban J connectivity index is 1.52. The molecule has 1 saturated heterocycles. The molecule has 182 valence electrons. The first-order valence-corrected chi connectivity index (χ1v) is 11.9. The summed E-state index contributed by atoms with van der Waals surface area (Å²) >= 11 is 0. The van der Waals surface area contributed by atoms with Crippen molar-refractivity contribution in [2.45, 2.75) is 38.1 Å². The van der Waals surface area contributed by atoms with Gasteiger partial charge in [-0.1, -0.05) is 44.2 Å². The summed E-state index contributed by atoms with van der Waals surface area (Å²) in [5.41, 5.74) is 0.495. The number of benzene rings is 2. The lowest BCUT2D eigenvalue weighted by molar-refractivity contribution is -0.146. The van der Waals surface area contributed by atoms with Crippen molar-refractivity contribution in [3.8, 4) is 11.8 Å². The zero-order chi connectivity index (χ0) is 24.6. The standard InChI is InChI=1S/C27H34FN3O3/c1-21(2)27(20-29,22-7-4-3-5-8-22)13-6-14-30-15-16-31(25(19-30)26(32)33)17-18-34-24-11-9-23(28)10-12-24/h3-5,7-12,21,25H,6,13-19H2,1-2H3,(H,32,33). The van der Waals surface area contributed by atoms with E-state index in [9.17, 15) is 19.6 Å². The summed E-state index contributed by atoms with van der Waals surface area (Å²) in [7, 11) is 0. The molecule has 1 aliphatic heterocycles. The van der Waals surface area contributed by atoms with Crippen LogP contribution in [0.5, 0.6) is 5.75 Å². The number of hydrogen-bond acceptors (Lipinski definition) is 5. The fourth-order valence-corrected chi connectivity index (χ4v) is 4.73. The summed E-state index contributed by atoms with van der Waals surface area (Å²) in [6.07, 6.45) is 1.55. The van der Waals surface area contributed by atoms with E-state index < -0.39 is 17.4 Å². The Morgan fingerprint density at radius 1 is 1.18 bits per heavy atom. The van der Waals surface area contributed by atoms with Crippen molar-refractivity contribution in [3.05, 3.63) is 66.0 Å². The molecule has 0 saturated carbocycles. The van der Waals surface area contributed by atoms with Crippen LogP contribution in [0.3, 0.4) is 0 Å². The van der Waals surface area contributed by atoms with Crippen LogP contribution in [0.4, 0.5) is 4.39 Å². The van der Waals surface area contributed by atoms with Crippen LogP contribution in [0.15, 0.2) is 54.6 Å². The van der Waals surface area contributed by atoms with Crippen LogP contribution in [0, 0.1) is 23.1 Å². The average molecular weight is 468 g/mol. The van der Waals surface area contributed by atoms with Gasteiger partial charge in [0.15, 0.2) is 0 Å². The van der Waals surface area contributed by atoms with Crippen molar-refractivity contribution < 1.29 is 19.0 Å². The number of nitrogens with zero attached hydrogens (tertiary/aromatic N) is 3. The number of carbonyl (C=O) groups is 1. The fourth-order valence-electron chi connectivity index (χ4n) is 4.73. The molecule has 2 aromatic rings. The van der Waals surface area contributed by atoms with Crippen LogP contribution < -0.4 is 4.74 Å². The van der Waals surface area contributed by atoms with Crippen molar-refractivity contribution in [2.24, 2.45) is 5.92 Å². The molecule has 3 rings (SSSR count). The molecule has 6 nitrogen and oxygen atoms in total. The number of piperazine rings is 1. The molecule has 1 aliphatic rings. The molecular weight excluding hydrogens is 433 g/mol. The Bertz CT molecular complexity index is 961. The molecule has 1 heterocycles. The molecule has 2 aromatic carbocycles. The number of nitriles is 1. The lowest BCUT2D eigenvalue weighted by Crippen LogP contribution is -2.57. The smallest absolute Gasteiger partial charge is 0.322 e. The number of halogens is 1. The predicted octanol–water partition coefficient (Wildman–Crippen LogP) is 4.17. The van der Waals surface area contributed by atoms with Crippen LogP contribution >= 0.6 is 0 Å². The number of carboxylic acids is 1. The van der Waals surface area contributed by atoms with Gasteiger partial charge in [-0.05, 0) is 55.1 Å². The summed E-state index contributed by atoms with van der Waals surface area (Å²) in [6, 6.07) is 17.7. The molecule has 1 fully saturated rings. The second kappa shape index (κ2) is 12.0. The van der Waals surface area contributed by atoms with Crippen molar-refractivity contribution in [2.75, 3.05) is 39.3 Å². The lowest BCUT2D eigenvalue weighted by Gasteiger charge is -2.40. The maximum atomic E-state index is 13.0. The number of hydrogen-bond donors (Lipinski definition) is 1. The van der Waals surface area contributed by atoms with Gasteiger partial charge in [-0.25, -0.2) is 4.39 Å². The van der Waals surface area contributed by atoms with E-state index in [0.717, 1.165) is 31.5 Å². The summed E-state index contributed by atoms with van der Waals surface area (Å²) in [5, 5.41) is 19.9. The van der Waals surface area contributed by atoms with Gasteiger partial charge in [0.25, 0.3) is 0 Å². The molecular formula is C27H34FN3O3.